The molecule has 0 saturated carbocycles. The highest BCUT2D eigenvalue weighted by atomic mass is 16.5. The first-order chi connectivity index (χ1) is 29.0. The number of aliphatic hydroxyl groups is 2. The van der Waals surface area contributed by atoms with Crippen LogP contribution in [-0.4, -0.2) is 46.9 Å². The second-order valence-electron chi connectivity index (χ2n) is 17.3. The highest BCUT2D eigenvalue weighted by Crippen LogP contribution is 2.17. The van der Waals surface area contributed by atoms with Gasteiger partial charge in [0.25, 0.3) is 0 Å². The molecule has 1 amide bonds. The van der Waals surface area contributed by atoms with E-state index in [4.69, 9.17) is 4.74 Å². The maximum Gasteiger partial charge on any atom is 0.306 e. The monoisotopic (exact) mass is 828 g/mol. The summed E-state index contributed by atoms with van der Waals surface area (Å²) in [5, 5.41) is 23.7. The van der Waals surface area contributed by atoms with Crippen molar-refractivity contribution >= 4 is 11.9 Å². The lowest BCUT2D eigenvalue weighted by Gasteiger charge is -2.24. The van der Waals surface area contributed by atoms with Crippen molar-refractivity contribution < 1.29 is 24.5 Å². The summed E-state index contributed by atoms with van der Waals surface area (Å²) in [5.74, 6) is -0.511. The molecule has 0 aromatic carbocycles. The number of hydrogen-bond acceptors (Lipinski definition) is 5. The molecule has 0 fully saturated rings. The van der Waals surface area contributed by atoms with Gasteiger partial charge in [-0.1, -0.05) is 211 Å². The van der Waals surface area contributed by atoms with Crippen molar-refractivity contribution in [2.45, 2.75) is 270 Å². The van der Waals surface area contributed by atoms with Crippen LogP contribution in [0.25, 0.3) is 0 Å². The molecule has 3 atom stereocenters. The first-order valence-corrected chi connectivity index (χ1v) is 25.4. The number of unbranched alkanes of at least 4 members (excludes halogenated alkanes) is 27. The van der Waals surface area contributed by atoms with E-state index < -0.39 is 18.2 Å². The molecule has 0 aromatic heterocycles. The van der Waals surface area contributed by atoms with Gasteiger partial charge in [0.15, 0.2) is 0 Å². The molecule has 6 nitrogen and oxygen atoms in total. The SMILES string of the molecule is CCCCC/C=C\CCCCCC(CC(=O)NC(CO)C(O)CCCCCCCCCCCCCC)OC(=O)CCCCCCC/C=C/C=C/C=C/CCCCCCC. The van der Waals surface area contributed by atoms with Crippen LogP contribution in [0.5, 0.6) is 0 Å². The second kappa shape index (κ2) is 46.9. The van der Waals surface area contributed by atoms with Crippen LogP contribution in [0, 0.1) is 0 Å². The number of allylic oxidation sites excluding steroid dienone is 8. The Labute approximate surface area is 366 Å². The van der Waals surface area contributed by atoms with E-state index >= 15 is 0 Å². The topological polar surface area (TPSA) is 95.9 Å². The van der Waals surface area contributed by atoms with E-state index in [2.05, 4.69) is 74.7 Å². The maximum atomic E-state index is 13.2. The van der Waals surface area contributed by atoms with Gasteiger partial charge < -0.3 is 20.3 Å². The Hall–Kier alpha value is -2.18. The lowest BCUT2D eigenvalue weighted by Crippen LogP contribution is -2.46. The van der Waals surface area contributed by atoms with Gasteiger partial charge in [-0.3, -0.25) is 9.59 Å². The number of nitrogens with one attached hydrogen (secondary N) is 1. The zero-order chi connectivity index (χ0) is 43.1. The molecular weight excluding hydrogens is 731 g/mol. The van der Waals surface area contributed by atoms with E-state index in [0.29, 0.717) is 19.3 Å². The summed E-state index contributed by atoms with van der Waals surface area (Å²) in [6.45, 7) is 6.43. The van der Waals surface area contributed by atoms with E-state index in [1.54, 1.807) is 0 Å². The van der Waals surface area contributed by atoms with Crippen molar-refractivity contribution in [2.75, 3.05) is 6.61 Å². The molecular formula is C53H97NO5. The molecule has 0 aliphatic carbocycles. The zero-order valence-electron chi connectivity index (χ0n) is 39.1. The van der Waals surface area contributed by atoms with Crippen molar-refractivity contribution in [3.63, 3.8) is 0 Å². The fourth-order valence-corrected chi connectivity index (χ4v) is 7.54. The van der Waals surface area contributed by atoms with Crippen molar-refractivity contribution in [2.24, 2.45) is 0 Å². The zero-order valence-corrected chi connectivity index (χ0v) is 39.1. The fourth-order valence-electron chi connectivity index (χ4n) is 7.54. The molecule has 344 valence electrons. The number of hydrogen-bond donors (Lipinski definition) is 3. The summed E-state index contributed by atoms with van der Waals surface area (Å²) < 4.78 is 5.90. The van der Waals surface area contributed by atoms with Crippen LogP contribution in [0.3, 0.4) is 0 Å². The highest BCUT2D eigenvalue weighted by molar-refractivity contribution is 5.77. The third-order valence-corrected chi connectivity index (χ3v) is 11.4. The van der Waals surface area contributed by atoms with Gasteiger partial charge in [0.2, 0.25) is 5.91 Å². The van der Waals surface area contributed by atoms with Crippen molar-refractivity contribution in [3.05, 3.63) is 48.6 Å². The molecule has 0 saturated heterocycles. The number of carbonyl (C=O) groups excluding carboxylic acids is 2. The molecule has 3 unspecified atom stereocenters. The Morgan fingerprint density at radius 3 is 1.39 bits per heavy atom. The van der Waals surface area contributed by atoms with E-state index in [-0.39, 0.29) is 24.9 Å². The van der Waals surface area contributed by atoms with E-state index in [0.717, 1.165) is 89.9 Å². The van der Waals surface area contributed by atoms with Crippen LogP contribution in [0.1, 0.15) is 252 Å². The normalized spacial score (nSPS) is 13.6. The number of rotatable bonds is 45. The predicted octanol–water partition coefficient (Wildman–Crippen LogP) is 15.1. The quantitative estimate of drug-likeness (QED) is 0.0246. The second-order valence-corrected chi connectivity index (χ2v) is 17.3. The van der Waals surface area contributed by atoms with Gasteiger partial charge in [-0.15, -0.1) is 0 Å². The summed E-state index contributed by atoms with van der Waals surface area (Å²) in [5.41, 5.74) is 0. The Bertz CT molecular complexity index is 1020. The van der Waals surface area contributed by atoms with Crippen LogP contribution in [0.15, 0.2) is 48.6 Å². The van der Waals surface area contributed by atoms with Gasteiger partial charge in [-0.05, 0) is 77.0 Å². The van der Waals surface area contributed by atoms with Crippen molar-refractivity contribution in [1.29, 1.82) is 0 Å². The molecule has 6 heteroatoms. The third kappa shape index (κ3) is 42.3. The molecule has 0 aliphatic heterocycles. The van der Waals surface area contributed by atoms with E-state index in [1.165, 1.54) is 116 Å². The number of esters is 1. The summed E-state index contributed by atoms with van der Waals surface area (Å²) in [7, 11) is 0. The summed E-state index contributed by atoms with van der Waals surface area (Å²) >= 11 is 0. The number of ether oxygens (including phenoxy) is 1. The molecule has 0 radical (unpaired) electrons. The highest BCUT2D eigenvalue weighted by Gasteiger charge is 2.24. The summed E-state index contributed by atoms with van der Waals surface area (Å²) in [4.78, 5) is 26.1. The van der Waals surface area contributed by atoms with Gasteiger partial charge in [0.05, 0.1) is 25.2 Å². The van der Waals surface area contributed by atoms with Crippen LogP contribution >= 0.6 is 0 Å². The van der Waals surface area contributed by atoms with Crippen molar-refractivity contribution in [1.82, 2.24) is 5.32 Å². The maximum absolute atomic E-state index is 13.2. The van der Waals surface area contributed by atoms with Gasteiger partial charge >= 0.3 is 5.97 Å². The molecule has 3 N–H and O–H groups in total. The Balaban J connectivity index is 4.55. The van der Waals surface area contributed by atoms with Gasteiger partial charge in [-0.2, -0.15) is 0 Å². The van der Waals surface area contributed by atoms with Crippen molar-refractivity contribution in [3.8, 4) is 0 Å². The summed E-state index contributed by atoms with van der Waals surface area (Å²) in [6, 6.07) is -0.709. The predicted molar refractivity (Wildman–Crippen MR) is 255 cm³/mol. The van der Waals surface area contributed by atoms with E-state index in [9.17, 15) is 19.8 Å². The fraction of sp³-hybridized carbons (Fsp3) is 0.811. The number of aliphatic hydroxyl groups excluding tert-OH is 2. The first-order valence-electron chi connectivity index (χ1n) is 25.4. The standard InChI is InChI=1S/C53H97NO5/c1-4-7-10-13-16-19-22-24-25-26-27-28-29-31-34-37-40-43-46-53(58)59-49(44-41-38-35-32-21-18-15-12-9-6-3)47-52(57)54-50(48-55)51(56)45-42-39-36-33-30-23-20-17-14-11-8-5-2/h18,21-22,24-28,49-51,55-56H,4-17,19-20,23,29-48H2,1-3H3,(H,54,57)/b21-18-,24-22+,26-25+,28-27+. The molecule has 0 spiro atoms. The van der Waals surface area contributed by atoms with Crippen LogP contribution in [0.2, 0.25) is 0 Å². The number of carbonyl (C=O) groups is 2. The van der Waals surface area contributed by atoms with Gasteiger partial charge in [0.1, 0.15) is 6.10 Å². The first kappa shape index (κ1) is 56.8. The summed E-state index contributed by atoms with van der Waals surface area (Å²) in [6.07, 6.45) is 56.0. The Kier molecular flexibility index (Phi) is 45.1. The molecule has 0 heterocycles. The van der Waals surface area contributed by atoms with E-state index in [1.807, 2.05) is 0 Å². The Morgan fingerprint density at radius 2 is 0.881 bits per heavy atom. The van der Waals surface area contributed by atoms with Crippen LogP contribution in [-0.2, 0) is 14.3 Å². The minimum absolute atomic E-state index is 0.0585. The number of amides is 1. The lowest BCUT2D eigenvalue weighted by molar-refractivity contribution is -0.151. The van der Waals surface area contributed by atoms with Crippen LogP contribution < -0.4 is 5.32 Å². The minimum atomic E-state index is -0.794. The Morgan fingerprint density at radius 1 is 0.492 bits per heavy atom. The molecule has 0 rings (SSSR count). The molecule has 0 aliphatic rings. The lowest BCUT2D eigenvalue weighted by atomic mass is 10.0. The molecule has 0 bridgehead atoms. The van der Waals surface area contributed by atoms with Crippen LogP contribution in [0.4, 0.5) is 0 Å². The average Bonchev–Trinajstić information content (AvgIpc) is 3.23. The molecule has 0 aromatic rings. The largest absolute Gasteiger partial charge is 0.462 e. The molecule has 59 heavy (non-hydrogen) atoms. The average molecular weight is 828 g/mol. The van der Waals surface area contributed by atoms with Gasteiger partial charge in [0, 0.05) is 6.42 Å². The third-order valence-electron chi connectivity index (χ3n) is 11.4. The smallest absolute Gasteiger partial charge is 0.306 e. The van der Waals surface area contributed by atoms with Gasteiger partial charge in [-0.25, -0.2) is 0 Å². The minimum Gasteiger partial charge on any atom is -0.462 e.